The maximum absolute atomic E-state index is 11.6. The third-order valence-electron chi connectivity index (χ3n) is 3.91. The molecule has 0 aliphatic carbocycles. The molecule has 3 rings (SSSR count). The zero-order valence-corrected chi connectivity index (χ0v) is 12.4. The molecule has 1 aromatic heterocycles. The average Bonchev–Trinajstić information content (AvgIpc) is 2.92. The fourth-order valence-electron chi connectivity index (χ4n) is 2.79. The monoisotopic (exact) mass is 294 g/mol. The summed E-state index contributed by atoms with van der Waals surface area (Å²) in [5, 5.41) is 9.86. The number of rotatable bonds is 4. The third kappa shape index (κ3) is 2.61. The summed E-state index contributed by atoms with van der Waals surface area (Å²) in [6.07, 6.45) is 2.95. The number of aromatic nitrogens is 1. The van der Waals surface area contributed by atoms with E-state index in [9.17, 15) is 4.79 Å². The summed E-state index contributed by atoms with van der Waals surface area (Å²) in [5.41, 5.74) is 5.65. The second-order valence-electron chi connectivity index (χ2n) is 5.28. The SMILES string of the molecule is CCn1cc(Cc2ccccc2)c2cc(C(=O)NO)ccc21. The molecule has 0 saturated heterocycles. The summed E-state index contributed by atoms with van der Waals surface area (Å²) in [4.78, 5) is 11.6. The minimum atomic E-state index is -0.489. The van der Waals surface area contributed by atoms with Crippen LogP contribution in [0.4, 0.5) is 0 Å². The highest BCUT2D eigenvalue weighted by Crippen LogP contribution is 2.25. The Kier molecular flexibility index (Phi) is 3.94. The lowest BCUT2D eigenvalue weighted by Crippen LogP contribution is -2.18. The van der Waals surface area contributed by atoms with E-state index in [0.29, 0.717) is 5.56 Å². The van der Waals surface area contributed by atoms with E-state index in [-0.39, 0.29) is 0 Å². The molecule has 112 valence electrons. The van der Waals surface area contributed by atoms with E-state index in [4.69, 9.17) is 5.21 Å². The van der Waals surface area contributed by atoms with Crippen LogP contribution in [0.25, 0.3) is 10.9 Å². The van der Waals surface area contributed by atoms with Crippen LogP contribution >= 0.6 is 0 Å². The molecule has 0 fully saturated rings. The van der Waals surface area contributed by atoms with E-state index in [1.54, 1.807) is 11.5 Å². The van der Waals surface area contributed by atoms with Crippen molar-refractivity contribution in [1.29, 1.82) is 0 Å². The topological polar surface area (TPSA) is 54.3 Å². The predicted octanol–water partition coefficient (Wildman–Crippen LogP) is 3.37. The molecule has 1 heterocycles. The van der Waals surface area contributed by atoms with Gasteiger partial charge in [0.15, 0.2) is 0 Å². The van der Waals surface area contributed by atoms with Crippen LogP contribution in [0, 0.1) is 0 Å². The van der Waals surface area contributed by atoms with Gasteiger partial charge < -0.3 is 4.57 Å². The fraction of sp³-hybridized carbons (Fsp3) is 0.167. The summed E-state index contributed by atoms with van der Waals surface area (Å²) in [5.74, 6) is -0.489. The highest BCUT2D eigenvalue weighted by molar-refractivity contribution is 5.98. The number of hydroxylamine groups is 1. The van der Waals surface area contributed by atoms with Gasteiger partial charge in [0.05, 0.1) is 0 Å². The van der Waals surface area contributed by atoms with Gasteiger partial charge in [-0.25, -0.2) is 5.48 Å². The summed E-state index contributed by atoms with van der Waals surface area (Å²) in [7, 11) is 0. The molecular formula is C18H18N2O2. The molecule has 4 nitrogen and oxygen atoms in total. The van der Waals surface area contributed by atoms with E-state index in [1.165, 1.54) is 11.1 Å². The Morgan fingerprint density at radius 2 is 1.95 bits per heavy atom. The molecule has 0 radical (unpaired) electrons. The number of hydrogen-bond acceptors (Lipinski definition) is 2. The summed E-state index contributed by atoms with van der Waals surface area (Å²) < 4.78 is 2.17. The standard InChI is InChI=1S/C18H18N2O2/c1-2-20-12-15(10-13-6-4-3-5-7-13)16-11-14(18(21)19-22)8-9-17(16)20/h3-9,11-12,22H,2,10H2,1H3,(H,19,21). The lowest BCUT2D eigenvalue weighted by atomic mass is 10.0. The van der Waals surface area contributed by atoms with Gasteiger partial charge in [0.25, 0.3) is 5.91 Å². The molecule has 1 amide bonds. The molecule has 0 atom stereocenters. The lowest BCUT2D eigenvalue weighted by Gasteiger charge is -2.03. The Morgan fingerprint density at radius 1 is 1.18 bits per heavy atom. The van der Waals surface area contributed by atoms with Crippen molar-refractivity contribution in [2.75, 3.05) is 0 Å². The number of nitrogens with zero attached hydrogens (tertiary/aromatic N) is 1. The second-order valence-corrected chi connectivity index (χ2v) is 5.28. The maximum atomic E-state index is 11.6. The maximum Gasteiger partial charge on any atom is 0.274 e. The average molecular weight is 294 g/mol. The van der Waals surface area contributed by atoms with Gasteiger partial charge in [-0.2, -0.15) is 0 Å². The number of nitrogens with one attached hydrogen (secondary N) is 1. The third-order valence-corrected chi connectivity index (χ3v) is 3.91. The van der Waals surface area contributed by atoms with Gasteiger partial charge in [0.1, 0.15) is 0 Å². The summed E-state index contributed by atoms with van der Waals surface area (Å²) in [6, 6.07) is 15.7. The molecule has 0 saturated carbocycles. The van der Waals surface area contributed by atoms with E-state index < -0.39 is 5.91 Å². The molecule has 2 N–H and O–H groups in total. The molecule has 0 spiro atoms. The van der Waals surface area contributed by atoms with Gasteiger partial charge in [-0.3, -0.25) is 10.0 Å². The lowest BCUT2D eigenvalue weighted by molar-refractivity contribution is 0.0706. The number of benzene rings is 2. The Bertz CT molecular complexity index is 807. The first-order valence-corrected chi connectivity index (χ1v) is 7.33. The molecule has 0 unspecified atom stereocenters. The number of fused-ring (bicyclic) bond motifs is 1. The van der Waals surface area contributed by atoms with Crippen LogP contribution in [-0.4, -0.2) is 15.7 Å². The van der Waals surface area contributed by atoms with E-state index in [1.807, 2.05) is 30.3 Å². The van der Waals surface area contributed by atoms with E-state index in [2.05, 4.69) is 29.8 Å². The van der Waals surface area contributed by atoms with E-state index >= 15 is 0 Å². The smallest absolute Gasteiger partial charge is 0.274 e. The van der Waals surface area contributed by atoms with Gasteiger partial charge >= 0.3 is 0 Å². The zero-order valence-electron chi connectivity index (χ0n) is 12.4. The summed E-state index contributed by atoms with van der Waals surface area (Å²) in [6.45, 7) is 2.97. The first-order valence-electron chi connectivity index (χ1n) is 7.33. The van der Waals surface area contributed by atoms with Crippen LogP contribution in [0.1, 0.15) is 28.4 Å². The molecule has 0 aliphatic rings. The molecular weight excluding hydrogens is 276 g/mol. The van der Waals surface area contributed by atoms with Crippen LogP contribution < -0.4 is 5.48 Å². The molecule has 22 heavy (non-hydrogen) atoms. The number of carbonyl (C=O) groups excluding carboxylic acids is 1. The van der Waals surface area contributed by atoms with Crippen molar-refractivity contribution in [3.05, 3.63) is 71.4 Å². The molecule has 0 bridgehead atoms. The number of carbonyl (C=O) groups is 1. The van der Waals surface area contributed by atoms with Gasteiger partial charge in [0, 0.05) is 29.2 Å². The van der Waals surface area contributed by atoms with Crippen LogP contribution in [0.5, 0.6) is 0 Å². The highest BCUT2D eigenvalue weighted by atomic mass is 16.5. The summed E-state index contributed by atoms with van der Waals surface area (Å²) >= 11 is 0. The molecule has 0 aliphatic heterocycles. The largest absolute Gasteiger partial charge is 0.347 e. The van der Waals surface area contributed by atoms with Crippen molar-refractivity contribution >= 4 is 16.8 Å². The Balaban J connectivity index is 2.09. The van der Waals surface area contributed by atoms with Crippen molar-refractivity contribution in [3.8, 4) is 0 Å². The molecule has 3 aromatic rings. The van der Waals surface area contributed by atoms with Gasteiger partial charge in [-0.1, -0.05) is 30.3 Å². The normalized spacial score (nSPS) is 10.8. The van der Waals surface area contributed by atoms with Crippen molar-refractivity contribution in [2.45, 2.75) is 19.9 Å². The second kappa shape index (κ2) is 6.03. The molecule has 2 aromatic carbocycles. The fourth-order valence-corrected chi connectivity index (χ4v) is 2.79. The van der Waals surface area contributed by atoms with Gasteiger partial charge in [-0.15, -0.1) is 0 Å². The Morgan fingerprint density at radius 3 is 2.64 bits per heavy atom. The van der Waals surface area contributed by atoms with Gasteiger partial charge in [0.2, 0.25) is 0 Å². The van der Waals surface area contributed by atoms with Crippen LogP contribution in [0.2, 0.25) is 0 Å². The number of amides is 1. The van der Waals surface area contributed by atoms with Crippen molar-refractivity contribution in [2.24, 2.45) is 0 Å². The van der Waals surface area contributed by atoms with Crippen molar-refractivity contribution in [1.82, 2.24) is 10.0 Å². The predicted molar refractivity (Wildman–Crippen MR) is 86.1 cm³/mol. The Labute approximate surface area is 129 Å². The first-order chi connectivity index (χ1) is 10.7. The highest BCUT2D eigenvalue weighted by Gasteiger charge is 2.12. The molecule has 4 heteroatoms. The van der Waals surface area contributed by atoms with Crippen LogP contribution in [-0.2, 0) is 13.0 Å². The van der Waals surface area contributed by atoms with Gasteiger partial charge in [-0.05, 0) is 42.7 Å². The van der Waals surface area contributed by atoms with E-state index in [0.717, 1.165) is 23.9 Å². The Hall–Kier alpha value is -2.59. The quantitative estimate of drug-likeness (QED) is 0.572. The zero-order chi connectivity index (χ0) is 15.5. The van der Waals surface area contributed by atoms with Crippen LogP contribution in [0.3, 0.4) is 0 Å². The van der Waals surface area contributed by atoms with Crippen molar-refractivity contribution in [3.63, 3.8) is 0 Å². The van der Waals surface area contributed by atoms with Crippen molar-refractivity contribution < 1.29 is 10.0 Å². The number of hydrogen-bond donors (Lipinski definition) is 2. The minimum Gasteiger partial charge on any atom is -0.347 e. The van der Waals surface area contributed by atoms with Crippen LogP contribution in [0.15, 0.2) is 54.7 Å². The number of aryl methyl sites for hydroxylation is 1. The first kappa shape index (κ1) is 14.4. The minimum absolute atomic E-state index is 0.457.